The normalized spacial score (nSPS) is 28.3. The number of rotatable bonds is 2. The highest BCUT2D eigenvalue weighted by Crippen LogP contribution is 2.10. The Labute approximate surface area is 77.9 Å². The fourth-order valence-electron chi connectivity index (χ4n) is 1.43. The number of nitrogens with one attached hydrogen (secondary N) is 1. The minimum atomic E-state index is -0.275. The molecule has 1 heterocycles. The third-order valence-electron chi connectivity index (χ3n) is 2.09. The first kappa shape index (κ1) is 9.83. The van der Waals surface area contributed by atoms with Crippen LogP contribution in [0.4, 0.5) is 0 Å². The van der Waals surface area contributed by atoms with Gasteiger partial charge in [0.15, 0.2) is 0 Å². The summed E-state index contributed by atoms with van der Waals surface area (Å²) in [5.41, 5.74) is 5.24. The highest BCUT2D eigenvalue weighted by Gasteiger charge is 2.28. The van der Waals surface area contributed by atoms with Crippen molar-refractivity contribution in [3.63, 3.8) is 0 Å². The van der Waals surface area contributed by atoms with Crippen molar-refractivity contribution < 1.29 is 4.79 Å². The Bertz CT molecular complexity index is 174. The minimum Gasteiger partial charge on any atom is -0.368 e. The number of thiol groups is 1. The summed E-state index contributed by atoms with van der Waals surface area (Å²) in [6, 6.07) is -0.203. The van der Waals surface area contributed by atoms with Gasteiger partial charge < -0.3 is 11.1 Å². The van der Waals surface area contributed by atoms with Gasteiger partial charge in [0.25, 0.3) is 0 Å². The van der Waals surface area contributed by atoms with E-state index in [1.807, 2.05) is 11.8 Å². The summed E-state index contributed by atoms with van der Waals surface area (Å²) >= 11 is 4.29. The number of primary amides is 1. The third-order valence-corrected chi connectivity index (χ3v) is 2.39. The molecule has 3 N–H and O–H groups in total. The lowest BCUT2D eigenvalue weighted by atomic mass is 10.2. The van der Waals surface area contributed by atoms with Crippen molar-refractivity contribution in [2.75, 3.05) is 19.6 Å². The molecule has 0 radical (unpaired) electrons. The summed E-state index contributed by atoms with van der Waals surface area (Å²) in [7, 11) is 0. The van der Waals surface area contributed by atoms with Crippen LogP contribution in [0.5, 0.6) is 0 Å². The highest BCUT2D eigenvalue weighted by atomic mass is 32.1. The van der Waals surface area contributed by atoms with E-state index in [9.17, 15) is 4.79 Å². The molecule has 70 valence electrons. The Morgan fingerprint density at radius 3 is 2.92 bits per heavy atom. The van der Waals surface area contributed by atoms with Crippen LogP contribution in [0.3, 0.4) is 0 Å². The zero-order chi connectivity index (χ0) is 9.14. The van der Waals surface area contributed by atoms with Gasteiger partial charge in [-0.05, 0) is 6.92 Å². The molecule has 0 aromatic heterocycles. The number of hydrogen-bond acceptors (Lipinski definition) is 4. The third kappa shape index (κ3) is 2.12. The van der Waals surface area contributed by atoms with E-state index in [0.29, 0.717) is 6.54 Å². The van der Waals surface area contributed by atoms with Crippen molar-refractivity contribution in [1.29, 1.82) is 0 Å². The first-order valence-corrected chi connectivity index (χ1v) is 4.58. The number of carbonyl (C=O) groups is 1. The first-order chi connectivity index (χ1) is 5.63. The van der Waals surface area contributed by atoms with E-state index in [1.54, 1.807) is 0 Å². The number of amides is 1. The molecular formula is C7H15N3OS. The lowest BCUT2D eigenvalue weighted by Gasteiger charge is -2.36. The van der Waals surface area contributed by atoms with Gasteiger partial charge in [-0.2, -0.15) is 12.6 Å². The SMILES string of the molecule is CC(S)N1CCNCC1C(N)=O. The summed E-state index contributed by atoms with van der Waals surface area (Å²) in [6.07, 6.45) is 0. The van der Waals surface area contributed by atoms with E-state index in [4.69, 9.17) is 5.73 Å². The molecule has 2 atom stereocenters. The van der Waals surface area contributed by atoms with Crippen LogP contribution in [-0.2, 0) is 4.79 Å². The molecule has 0 spiro atoms. The average molecular weight is 189 g/mol. The van der Waals surface area contributed by atoms with Gasteiger partial charge in [0.1, 0.15) is 6.04 Å². The molecule has 1 aliphatic heterocycles. The summed E-state index contributed by atoms with van der Waals surface area (Å²) in [5, 5.41) is 3.21. The summed E-state index contributed by atoms with van der Waals surface area (Å²) in [5.74, 6) is -0.275. The Balaban J connectivity index is 2.60. The molecule has 12 heavy (non-hydrogen) atoms. The molecular weight excluding hydrogens is 174 g/mol. The first-order valence-electron chi connectivity index (χ1n) is 4.07. The molecule has 1 aliphatic rings. The molecule has 1 saturated heterocycles. The topological polar surface area (TPSA) is 58.4 Å². The minimum absolute atomic E-state index is 0.0876. The maximum absolute atomic E-state index is 11.0. The van der Waals surface area contributed by atoms with Crippen LogP contribution in [-0.4, -0.2) is 41.9 Å². The Morgan fingerprint density at radius 1 is 1.83 bits per heavy atom. The van der Waals surface area contributed by atoms with E-state index in [1.165, 1.54) is 0 Å². The van der Waals surface area contributed by atoms with Gasteiger partial charge in [0, 0.05) is 19.6 Å². The molecule has 0 aliphatic carbocycles. The lowest BCUT2D eigenvalue weighted by Crippen LogP contribution is -2.58. The quantitative estimate of drug-likeness (QED) is 0.489. The van der Waals surface area contributed by atoms with Crippen molar-refractivity contribution in [1.82, 2.24) is 10.2 Å². The lowest BCUT2D eigenvalue weighted by molar-refractivity contribution is -0.124. The zero-order valence-electron chi connectivity index (χ0n) is 7.16. The predicted molar refractivity (Wildman–Crippen MR) is 51.0 cm³/mol. The van der Waals surface area contributed by atoms with Gasteiger partial charge in [-0.3, -0.25) is 9.69 Å². The van der Waals surface area contributed by atoms with E-state index >= 15 is 0 Å². The maximum Gasteiger partial charge on any atom is 0.236 e. The van der Waals surface area contributed by atoms with Crippen molar-refractivity contribution in [3.8, 4) is 0 Å². The Morgan fingerprint density at radius 2 is 2.50 bits per heavy atom. The van der Waals surface area contributed by atoms with Crippen LogP contribution < -0.4 is 11.1 Å². The second-order valence-electron chi connectivity index (χ2n) is 2.99. The molecule has 1 amide bonds. The van der Waals surface area contributed by atoms with E-state index in [-0.39, 0.29) is 17.3 Å². The Hall–Kier alpha value is -0.260. The van der Waals surface area contributed by atoms with Crippen LogP contribution in [0.25, 0.3) is 0 Å². The molecule has 2 unspecified atom stereocenters. The summed E-state index contributed by atoms with van der Waals surface area (Å²) in [6.45, 7) is 4.32. The smallest absolute Gasteiger partial charge is 0.236 e. The van der Waals surface area contributed by atoms with Gasteiger partial charge in [-0.1, -0.05) is 0 Å². The number of hydrogen-bond donors (Lipinski definition) is 3. The second kappa shape index (κ2) is 4.11. The van der Waals surface area contributed by atoms with Crippen molar-refractivity contribution in [3.05, 3.63) is 0 Å². The van der Waals surface area contributed by atoms with Crippen LogP contribution >= 0.6 is 12.6 Å². The number of carbonyl (C=O) groups excluding carboxylic acids is 1. The molecule has 0 aromatic rings. The van der Waals surface area contributed by atoms with Gasteiger partial charge in [-0.15, -0.1) is 0 Å². The number of nitrogens with zero attached hydrogens (tertiary/aromatic N) is 1. The fraction of sp³-hybridized carbons (Fsp3) is 0.857. The van der Waals surface area contributed by atoms with Crippen molar-refractivity contribution >= 4 is 18.5 Å². The van der Waals surface area contributed by atoms with Gasteiger partial charge in [0.05, 0.1) is 5.37 Å². The molecule has 0 aromatic carbocycles. The van der Waals surface area contributed by atoms with Crippen LogP contribution in [0.2, 0.25) is 0 Å². The van der Waals surface area contributed by atoms with Crippen LogP contribution in [0, 0.1) is 0 Å². The van der Waals surface area contributed by atoms with E-state index in [2.05, 4.69) is 17.9 Å². The molecule has 5 heteroatoms. The van der Waals surface area contributed by atoms with Crippen molar-refractivity contribution in [2.45, 2.75) is 18.3 Å². The molecule has 4 nitrogen and oxygen atoms in total. The highest BCUT2D eigenvalue weighted by molar-refractivity contribution is 7.80. The van der Waals surface area contributed by atoms with Gasteiger partial charge in [0.2, 0.25) is 5.91 Å². The molecule has 0 saturated carbocycles. The maximum atomic E-state index is 11.0. The Kier molecular flexibility index (Phi) is 3.37. The fourth-order valence-corrected chi connectivity index (χ4v) is 1.71. The number of piperazine rings is 1. The standard InChI is InChI=1S/C7H15N3OS/c1-5(12)10-3-2-9-4-6(10)7(8)11/h5-6,9,12H,2-4H2,1H3,(H2,8,11). The van der Waals surface area contributed by atoms with Gasteiger partial charge in [-0.25, -0.2) is 0 Å². The molecule has 1 rings (SSSR count). The largest absolute Gasteiger partial charge is 0.368 e. The summed E-state index contributed by atoms with van der Waals surface area (Å²) in [4.78, 5) is 13.0. The monoisotopic (exact) mass is 189 g/mol. The predicted octanol–water partition coefficient (Wildman–Crippen LogP) is -0.979. The van der Waals surface area contributed by atoms with Crippen molar-refractivity contribution in [2.24, 2.45) is 5.73 Å². The van der Waals surface area contributed by atoms with E-state index < -0.39 is 0 Å². The second-order valence-corrected chi connectivity index (χ2v) is 3.74. The van der Waals surface area contributed by atoms with Crippen LogP contribution in [0.15, 0.2) is 0 Å². The molecule has 1 fully saturated rings. The zero-order valence-corrected chi connectivity index (χ0v) is 8.05. The average Bonchev–Trinajstić information content (AvgIpc) is 2.04. The number of nitrogens with two attached hydrogens (primary N) is 1. The molecule has 0 bridgehead atoms. The summed E-state index contributed by atoms with van der Waals surface area (Å²) < 4.78 is 0. The van der Waals surface area contributed by atoms with Gasteiger partial charge >= 0.3 is 0 Å². The van der Waals surface area contributed by atoms with E-state index in [0.717, 1.165) is 13.1 Å². The van der Waals surface area contributed by atoms with Crippen LogP contribution in [0.1, 0.15) is 6.92 Å².